The Labute approximate surface area is 125 Å². The zero-order chi connectivity index (χ0) is 14.8. The molecule has 1 atom stereocenters. The molecule has 1 N–H and O–H groups in total. The summed E-state index contributed by atoms with van der Waals surface area (Å²) in [6.07, 6.45) is 0. The molecule has 21 heavy (non-hydrogen) atoms. The van der Waals surface area contributed by atoms with Gasteiger partial charge in [-0.25, -0.2) is 5.10 Å². The van der Waals surface area contributed by atoms with Gasteiger partial charge in [-0.15, -0.1) is 0 Å². The summed E-state index contributed by atoms with van der Waals surface area (Å²) in [5.41, 5.74) is 1.06. The van der Waals surface area contributed by atoms with Crippen LogP contribution in [0.4, 0.5) is 0 Å². The monoisotopic (exact) mass is 295 g/mol. The number of benzene rings is 2. The first-order valence-electron chi connectivity index (χ1n) is 6.33. The summed E-state index contributed by atoms with van der Waals surface area (Å²) < 4.78 is 0. The summed E-state index contributed by atoms with van der Waals surface area (Å²) in [5, 5.41) is 17.9. The largest absolute Gasteiger partial charge is 0.272 e. The Morgan fingerprint density at radius 1 is 1.10 bits per heavy atom. The zero-order valence-electron chi connectivity index (χ0n) is 10.9. The Kier molecular flexibility index (Phi) is 3.43. The number of halogens is 1. The fourth-order valence-corrected chi connectivity index (χ4v) is 2.43. The third kappa shape index (κ3) is 2.39. The van der Waals surface area contributed by atoms with Crippen molar-refractivity contribution in [3.63, 3.8) is 0 Å². The molecule has 0 bridgehead atoms. The highest BCUT2D eigenvalue weighted by Gasteiger charge is 2.19. The highest BCUT2D eigenvalue weighted by atomic mass is 35.5. The van der Waals surface area contributed by atoms with Crippen molar-refractivity contribution in [2.75, 3.05) is 0 Å². The van der Waals surface area contributed by atoms with Crippen LogP contribution in [-0.2, 0) is 0 Å². The normalized spacial score (nSPS) is 12.0. The molecule has 0 aliphatic rings. The van der Waals surface area contributed by atoms with E-state index >= 15 is 0 Å². The standard InChI is InChI=1S/C16H10ClN3O/c17-11-7-5-10(6-8-11)14(9-18)15-12-3-1-2-4-13(12)16(21)20-19-15/h1-8,14H,(H,20,21). The van der Waals surface area contributed by atoms with E-state index in [4.69, 9.17) is 11.6 Å². The lowest BCUT2D eigenvalue weighted by Crippen LogP contribution is -2.13. The summed E-state index contributed by atoms with van der Waals surface area (Å²) in [5.74, 6) is -0.566. The summed E-state index contributed by atoms with van der Waals surface area (Å²) in [4.78, 5) is 11.8. The smallest absolute Gasteiger partial charge is 0.267 e. The zero-order valence-corrected chi connectivity index (χ0v) is 11.6. The van der Waals surface area contributed by atoms with Gasteiger partial charge in [-0.2, -0.15) is 10.4 Å². The number of fused-ring (bicyclic) bond motifs is 1. The van der Waals surface area contributed by atoms with Crippen molar-refractivity contribution in [3.05, 3.63) is 75.2 Å². The van der Waals surface area contributed by atoms with Crippen LogP contribution >= 0.6 is 11.6 Å². The van der Waals surface area contributed by atoms with Gasteiger partial charge in [-0.1, -0.05) is 41.9 Å². The van der Waals surface area contributed by atoms with Crippen molar-refractivity contribution in [3.8, 4) is 6.07 Å². The van der Waals surface area contributed by atoms with Gasteiger partial charge in [0.05, 0.1) is 17.1 Å². The van der Waals surface area contributed by atoms with Gasteiger partial charge in [-0.05, 0) is 23.8 Å². The van der Waals surface area contributed by atoms with E-state index in [1.165, 1.54) is 0 Å². The van der Waals surface area contributed by atoms with Crippen LogP contribution in [0.5, 0.6) is 0 Å². The lowest BCUT2D eigenvalue weighted by atomic mass is 9.94. The number of rotatable bonds is 2. The summed E-state index contributed by atoms with van der Waals surface area (Å²) >= 11 is 5.88. The van der Waals surface area contributed by atoms with Crippen LogP contribution in [0.1, 0.15) is 17.2 Å². The molecule has 0 radical (unpaired) electrons. The number of H-pyrrole nitrogens is 1. The van der Waals surface area contributed by atoms with Crippen molar-refractivity contribution in [1.82, 2.24) is 10.2 Å². The Morgan fingerprint density at radius 3 is 2.43 bits per heavy atom. The number of hydrogen-bond acceptors (Lipinski definition) is 3. The van der Waals surface area contributed by atoms with Crippen molar-refractivity contribution < 1.29 is 0 Å². The summed E-state index contributed by atoms with van der Waals surface area (Å²) in [7, 11) is 0. The number of nitrogens with zero attached hydrogens (tertiary/aromatic N) is 2. The Hall–Kier alpha value is -2.64. The molecule has 0 saturated carbocycles. The van der Waals surface area contributed by atoms with E-state index in [2.05, 4.69) is 16.3 Å². The number of nitriles is 1. The second-order valence-electron chi connectivity index (χ2n) is 4.60. The van der Waals surface area contributed by atoms with Gasteiger partial charge >= 0.3 is 0 Å². The van der Waals surface area contributed by atoms with Gasteiger partial charge in [0.25, 0.3) is 5.56 Å². The molecule has 1 heterocycles. The molecule has 2 aromatic carbocycles. The van der Waals surface area contributed by atoms with Crippen LogP contribution in [0.2, 0.25) is 5.02 Å². The highest BCUT2D eigenvalue weighted by Crippen LogP contribution is 2.27. The SMILES string of the molecule is N#CC(c1ccc(Cl)cc1)c1n[nH]c(=O)c2ccccc12. The molecule has 5 heteroatoms. The van der Waals surface area contributed by atoms with Gasteiger partial charge in [-0.3, -0.25) is 4.79 Å². The molecule has 0 fully saturated rings. The van der Waals surface area contributed by atoms with Gasteiger partial charge in [0.15, 0.2) is 0 Å². The third-order valence-corrected chi connectivity index (χ3v) is 3.58. The summed E-state index contributed by atoms with van der Waals surface area (Å²) in [6, 6.07) is 16.4. The molecule has 1 aromatic heterocycles. The van der Waals surface area contributed by atoms with E-state index in [1.807, 2.05) is 6.07 Å². The number of nitrogens with one attached hydrogen (secondary N) is 1. The lowest BCUT2D eigenvalue weighted by Gasteiger charge is -2.11. The average Bonchev–Trinajstić information content (AvgIpc) is 2.52. The minimum Gasteiger partial charge on any atom is -0.267 e. The van der Waals surface area contributed by atoms with Crippen LogP contribution < -0.4 is 5.56 Å². The van der Waals surface area contributed by atoms with Crippen LogP contribution in [0.3, 0.4) is 0 Å². The maximum atomic E-state index is 11.8. The second kappa shape index (κ2) is 5.39. The molecule has 0 amide bonds. The Morgan fingerprint density at radius 2 is 1.76 bits per heavy atom. The Bertz CT molecular complexity index is 894. The summed E-state index contributed by atoms with van der Waals surface area (Å²) in [6.45, 7) is 0. The first-order valence-corrected chi connectivity index (χ1v) is 6.71. The maximum absolute atomic E-state index is 11.8. The average molecular weight is 296 g/mol. The number of hydrogen-bond donors (Lipinski definition) is 1. The van der Waals surface area contributed by atoms with Gasteiger partial charge < -0.3 is 0 Å². The quantitative estimate of drug-likeness (QED) is 0.789. The number of aromatic amines is 1. The highest BCUT2D eigenvalue weighted by molar-refractivity contribution is 6.30. The van der Waals surface area contributed by atoms with Crippen LogP contribution in [0.25, 0.3) is 10.8 Å². The molecule has 102 valence electrons. The topological polar surface area (TPSA) is 69.5 Å². The molecule has 0 spiro atoms. The third-order valence-electron chi connectivity index (χ3n) is 3.33. The van der Waals surface area contributed by atoms with Crippen LogP contribution in [0.15, 0.2) is 53.3 Å². The minimum absolute atomic E-state index is 0.262. The molecule has 3 rings (SSSR count). The van der Waals surface area contributed by atoms with Gasteiger partial charge in [0, 0.05) is 10.4 Å². The van der Waals surface area contributed by atoms with E-state index in [0.29, 0.717) is 21.5 Å². The van der Waals surface area contributed by atoms with Crippen molar-refractivity contribution >= 4 is 22.4 Å². The first kappa shape index (κ1) is 13.3. The van der Waals surface area contributed by atoms with Crippen LogP contribution in [-0.4, -0.2) is 10.2 Å². The fourth-order valence-electron chi connectivity index (χ4n) is 2.30. The lowest BCUT2D eigenvalue weighted by molar-refractivity contribution is 0.888. The van der Waals surface area contributed by atoms with Crippen molar-refractivity contribution in [2.45, 2.75) is 5.92 Å². The van der Waals surface area contributed by atoms with Crippen molar-refractivity contribution in [2.24, 2.45) is 0 Å². The second-order valence-corrected chi connectivity index (χ2v) is 5.03. The Balaban J connectivity index is 2.23. The van der Waals surface area contributed by atoms with E-state index in [-0.39, 0.29) is 5.56 Å². The molecule has 0 saturated heterocycles. The van der Waals surface area contributed by atoms with Crippen LogP contribution in [0, 0.1) is 11.3 Å². The molecule has 1 unspecified atom stereocenters. The molecule has 0 aliphatic heterocycles. The van der Waals surface area contributed by atoms with Crippen molar-refractivity contribution in [1.29, 1.82) is 5.26 Å². The molecule has 3 aromatic rings. The van der Waals surface area contributed by atoms with Gasteiger partial charge in [0.2, 0.25) is 0 Å². The molecule has 0 aliphatic carbocycles. The number of aromatic nitrogens is 2. The predicted molar refractivity (Wildman–Crippen MR) is 81.3 cm³/mol. The molecular formula is C16H10ClN3O. The predicted octanol–water partition coefficient (Wildman–Crippen LogP) is 3.23. The van der Waals surface area contributed by atoms with E-state index in [0.717, 1.165) is 5.56 Å². The van der Waals surface area contributed by atoms with E-state index in [1.54, 1.807) is 42.5 Å². The van der Waals surface area contributed by atoms with E-state index in [9.17, 15) is 10.1 Å². The first-order chi connectivity index (χ1) is 10.2. The minimum atomic E-state index is -0.566. The maximum Gasteiger partial charge on any atom is 0.272 e. The molecular weight excluding hydrogens is 286 g/mol. The molecule has 4 nitrogen and oxygen atoms in total. The fraction of sp³-hybridized carbons (Fsp3) is 0.0625. The van der Waals surface area contributed by atoms with Gasteiger partial charge in [0.1, 0.15) is 5.92 Å². The van der Waals surface area contributed by atoms with E-state index < -0.39 is 5.92 Å².